The number of aryl methyl sites for hydroxylation is 1. The molecular formula is C15H21NO3S. The van der Waals surface area contributed by atoms with E-state index in [1.165, 1.54) is 9.75 Å². The zero-order valence-corrected chi connectivity index (χ0v) is 13.0. The quantitative estimate of drug-likeness (QED) is 0.758. The van der Waals surface area contributed by atoms with Crippen LogP contribution >= 0.6 is 11.3 Å². The third kappa shape index (κ3) is 3.39. The first-order valence-corrected chi connectivity index (χ1v) is 7.89. The number of amides is 1. The Morgan fingerprint density at radius 1 is 1.40 bits per heavy atom. The van der Waals surface area contributed by atoms with E-state index in [0.29, 0.717) is 19.1 Å². The van der Waals surface area contributed by atoms with Gasteiger partial charge in [0.05, 0.1) is 6.61 Å². The number of carbonyl (C=O) groups excluding carboxylic acids is 2. The minimum Gasteiger partial charge on any atom is -0.465 e. The van der Waals surface area contributed by atoms with Crippen LogP contribution in [0.5, 0.6) is 0 Å². The van der Waals surface area contributed by atoms with Gasteiger partial charge in [-0.2, -0.15) is 0 Å². The minimum absolute atomic E-state index is 0.0439. The zero-order chi connectivity index (χ0) is 14.7. The van der Waals surface area contributed by atoms with Crippen molar-refractivity contribution in [2.24, 2.45) is 5.92 Å². The third-order valence-electron chi connectivity index (χ3n) is 3.55. The molecule has 0 N–H and O–H groups in total. The molecule has 20 heavy (non-hydrogen) atoms. The lowest BCUT2D eigenvalue weighted by molar-refractivity contribution is -0.149. The first kappa shape index (κ1) is 15.0. The lowest BCUT2D eigenvalue weighted by Crippen LogP contribution is -2.37. The summed E-state index contributed by atoms with van der Waals surface area (Å²) in [6.07, 6.45) is 0.901. The normalized spacial score (nSPS) is 20.6. The summed E-state index contributed by atoms with van der Waals surface area (Å²) in [6.45, 7) is 6.70. The van der Waals surface area contributed by atoms with Gasteiger partial charge in [0.1, 0.15) is 6.54 Å². The highest BCUT2D eigenvalue weighted by Crippen LogP contribution is 2.50. The number of thiophene rings is 1. The molecule has 0 aromatic carbocycles. The lowest BCUT2D eigenvalue weighted by atomic mass is 10.2. The van der Waals surface area contributed by atoms with Gasteiger partial charge in [0.2, 0.25) is 5.91 Å². The van der Waals surface area contributed by atoms with E-state index in [1.807, 2.05) is 6.92 Å². The molecule has 2 rings (SSSR count). The van der Waals surface area contributed by atoms with Gasteiger partial charge in [-0.1, -0.05) is 0 Å². The molecular weight excluding hydrogens is 274 g/mol. The Morgan fingerprint density at radius 2 is 2.15 bits per heavy atom. The van der Waals surface area contributed by atoms with Crippen molar-refractivity contribution in [3.63, 3.8) is 0 Å². The Hall–Kier alpha value is -1.36. The van der Waals surface area contributed by atoms with E-state index in [-0.39, 0.29) is 24.3 Å². The fourth-order valence-electron chi connectivity index (χ4n) is 2.38. The van der Waals surface area contributed by atoms with Gasteiger partial charge in [0, 0.05) is 28.1 Å². The van der Waals surface area contributed by atoms with E-state index in [9.17, 15) is 9.59 Å². The smallest absolute Gasteiger partial charge is 0.325 e. The summed E-state index contributed by atoms with van der Waals surface area (Å²) in [5, 5.41) is 0. The van der Waals surface area contributed by atoms with Crippen LogP contribution in [0.2, 0.25) is 0 Å². The summed E-state index contributed by atoms with van der Waals surface area (Å²) in [4.78, 5) is 28.1. The van der Waals surface area contributed by atoms with Gasteiger partial charge >= 0.3 is 5.97 Å². The topological polar surface area (TPSA) is 46.6 Å². The van der Waals surface area contributed by atoms with E-state index in [2.05, 4.69) is 19.1 Å². The van der Waals surface area contributed by atoms with Gasteiger partial charge in [-0.15, -0.1) is 11.3 Å². The summed E-state index contributed by atoms with van der Waals surface area (Å²) in [5.74, 6) is 0.142. The van der Waals surface area contributed by atoms with Crippen LogP contribution in [-0.4, -0.2) is 36.5 Å². The fraction of sp³-hybridized carbons (Fsp3) is 0.600. The average Bonchev–Trinajstić information content (AvgIpc) is 3.11. The van der Waals surface area contributed by atoms with Crippen molar-refractivity contribution in [1.82, 2.24) is 4.90 Å². The van der Waals surface area contributed by atoms with Crippen molar-refractivity contribution in [2.75, 3.05) is 19.7 Å². The number of rotatable bonds is 6. The molecule has 110 valence electrons. The molecule has 0 bridgehead atoms. The molecule has 0 saturated heterocycles. The summed E-state index contributed by atoms with van der Waals surface area (Å²) in [6, 6.07) is 4.20. The van der Waals surface area contributed by atoms with E-state index in [0.717, 1.165) is 6.42 Å². The van der Waals surface area contributed by atoms with Gasteiger partial charge < -0.3 is 9.64 Å². The molecule has 0 aliphatic heterocycles. The maximum absolute atomic E-state index is 12.4. The van der Waals surface area contributed by atoms with Gasteiger partial charge in [0.15, 0.2) is 0 Å². The first-order chi connectivity index (χ1) is 9.56. The molecule has 0 unspecified atom stereocenters. The second-order valence-electron chi connectivity index (χ2n) is 5.05. The van der Waals surface area contributed by atoms with E-state index < -0.39 is 0 Å². The Balaban J connectivity index is 1.92. The molecule has 1 aliphatic carbocycles. The van der Waals surface area contributed by atoms with Crippen molar-refractivity contribution >= 4 is 23.2 Å². The van der Waals surface area contributed by atoms with Crippen LogP contribution in [-0.2, 0) is 14.3 Å². The zero-order valence-electron chi connectivity index (χ0n) is 12.2. The SMILES string of the molecule is CCOC(=O)CN(CC)C(=O)[C@@H]1C[C@@H]1c1ccc(C)s1. The fourth-order valence-corrected chi connectivity index (χ4v) is 3.43. The Bertz CT molecular complexity index is 497. The summed E-state index contributed by atoms with van der Waals surface area (Å²) < 4.78 is 4.91. The highest BCUT2D eigenvalue weighted by molar-refractivity contribution is 7.12. The van der Waals surface area contributed by atoms with Crippen LogP contribution in [0.1, 0.15) is 35.9 Å². The Kier molecular flexibility index (Phi) is 4.81. The highest BCUT2D eigenvalue weighted by Gasteiger charge is 2.46. The largest absolute Gasteiger partial charge is 0.465 e. The van der Waals surface area contributed by atoms with Crippen molar-refractivity contribution < 1.29 is 14.3 Å². The maximum atomic E-state index is 12.4. The van der Waals surface area contributed by atoms with Crippen molar-refractivity contribution in [2.45, 2.75) is 33.1 Å². The molecule has 0 radical (unpaired) electrons. The molecule has 1 aromatic heterocycles. The molecule has 1 saturated carbocycles. The molecule has 0 spiro atoms. The molecule has 1 amide bonds. The minimum atomic E-state index is -0.327. The van der Waals surface area contributed by atoms with Crippen molar-refractivity contribution in [3.8, 4) is 0 Å². The number of ether oxygens (including phenoxy) is 1. The maximum Gasteiger partial charge on any atom is 0.325 e. The standard InChI is InChI=1S/C15H21NO3S/c1-4-16(9-14(17)19-5-2)15(18)12-8-11(12)13-7-6-10(3)20-13/h6-7,11-12H,4-5,8-9H2,1-3H3/t11-,12+/m0/s1. The lowest BCUT2D eigenvalue weighted by Gasteiger charge is -2.19. The van der Waals surface area contributed by atoms with Crippen LogP contribution in [0, 0.1) is 12.8 Å². The highest BCUT2D eigenvalue weighted by atomic mass is 32.1. The second kappa shape index (κ2) is 6.39. The van der Waals surface area contributed by atoms with Crippen LogP contribution in [0.3, 0.4) is 0 Å². The number of hydrogen-bond acceptors (Lipinski definition) is 4. The van der Waals surface area contributed by atoms with E-state index >= 15 is 0 Å². The van der Waals surface area contributed by atoms with Crippen LogP contribution < -0.4 is 0 Å². The summed E-state index contributed by atoms with van der Waals surface area (Å²) >= 11 is 1.76. The van der Waals surface area contributed by atoms with Crippen LogP contribution in [0.15, 0.2) is 12.1 Å². The molecule has 2 atom stereocenters. The molecule has 4 nitrogen and oxygen atoms in total. The summed E-state index contributed by atoms with van der Waals surface area (Å²) in [7, 11) is 0. The summed E-state index contributed by atoms with van der Waals surface area (Å²) in [5.41, 5.74) is 0. The van der Waals surface area contributed by atoms with Crippen LogP contribution in [0.4, 0.5) is 0 Å². The second-order valence-corrected chi connectivity index (χ2v) is 6.37. The predicted octanol–water partition coefficient (Wildman–Crippen LogP) is 2.57. The molecule has 1 aromatic rings. The molecule has 1 aliphatic rings. The van der Waals surface area contributed by atoms with Gasteiger partial charge in [-0.25, -0.2) is 0 Å². The monoisotopic (exact) mass is 295 g/mol. The number of nitrogens with zero attached hydrogens (tertiary/aromatic N) is 1. The van der Waals surface area contributed by atoms with Gasteiger partial charge in [0.25, 0.3) is 0 Å². The number of hydrogen-bond donors (Lipinski definition) is 0. The van der Waals surface area contributed by atoms with E-state index in [1.54, 1.807) is 23.2 Å². The van der Waals surface area contributed by atoms with E-state index in [4.69, 9.17) is 4.74 Å². The van der Waals surface area contributed by atoms with Crippen LogP contribution in [0.25, 0.3) is 0 Å². The predicted molar refractivity (Wildman–Crippen MR) is 78.8 cm³/mol. The van der Waals surface area contributed by atoms with Crippen molar-refractivity contribution in [1.29, 1.82) is 0 Å². The van der Waals surface area contributed by atoms with Gasteiger partial charge in [-0.3, -0.25) is 9.59 Å². The number of carbonyl (C=O) groups is 2. The Morgan fingerprint density at radius 3 is 2.70 bits per heavy atom. The number of likely N-dealkylation sites (N-methyl/N-ethyl adjacent to an activating group) is 1. The number of esters is 1. The van der Waals surface area contributed by atoms with Gasteiger partial charge in [-0.05, 0) is 39.3 Å². The first-order valence-electron chi connectivity index (χ1n) is 7.07. The Labute approximate surface area is 123 Å². The molecule has 1 fully saturated rings. The van der Waals surface area contributed by atoms with Crippen molar-refractivity contribution in [3.05, 3.63) is 21.9 Å². The molecule has 1 heterocycles. The third-order valence-corrected chi connectivity index (χ3v) is 4.69. The molecule has 5 heteroatoms. The average molecular weight is 295 g/mol.